The van der Waals surface area contributed by atoms with E-state index in [-0.39, 0.29) is 6.04 Å². The average Bonchev–Trinajstić information content (AvgIpc) is 2.86. The monoisotopic (exact) mass is 259 g/mol. The van der Waals surface area contributed by atoms with E-state index in [1.807, 2.05) is 6.92 Å². The first-order chi connectivity index (χ1) is 7.66. The third-order valence-corrected chi connectivity index (χ3v) is 4.75. The van der Waals surface area contributed by atoms with Crippen molar-refractivity contribution in [2.75, 3.05) is 6.61 Å². The highest BCUT2D eigenvalue weighted by Crippen LogP contribution is 2.32. The van der Waals surface area contributed by atoms with Gasteiger partial charge in [0.2, 0.25) is 0 Å². The minimum atomic E-state index is 0.111. The summed E-state index contributed by atoms with van der Waals surface area (Å²) in [5, 5.41) is 0. The van der Waals surface area contributed by atoms with Crippen molar-refractivity contribution < 1.29 is 4.74 Å². The van der Waals surface area contributed by atoms with Crippen molar-refractivity contribution in [3.63, 3.8) is 0 Å². The predicted octanol–water partition coefficient (Wildman–Crippen LogP) is 3.67. The highest BCUT2D eigenvalue weighted by Gasteiger charge is 2.18. The van der Waals surface area contributed by atoms with Crippen molar-refractivity contribution >= 4 is 22.9 Å². The molecule has 0 bridgehead atoms. The van der Waals surface area contributed by atoms with Crippen molar-refractivity contribution in [2.24, 2.45) is 5.73 Å². The molecule has 1 saturated heterocycles. The van der Waals surface area contributed by atoms with Gasteiger partial charge in [0, 0.05) is 17.5 Å². The predicted molar refractivity (Wildman–Crippen MR) is 69.2 cm³/mol. The van der Waals surface area contributed by atoms with E-state index >= 15 is 0 Å². The van der Waals surface area contributed by atoms with Crippen LogP contribution in [-0.4, -0.2) is 12.7 Å². The fraction of sp³-hybridized carbons (Fsp3) is 0.667. The zero-order chi connectivity index (χ0) is 11.5. The van der Waals surface area contributed by atoms with Gasteiger partial charge in [0.05, 0.1) is 10.4 Å². The van der Waals surface area contributed by atoms with Gasteiger partial charge >= 0.3 is 0 Å². The van der Waals surface area contributed by atoms with Crippen LogP contribution < -0.4 is 5.73 Å². The van der Waals surface area contributed by atoms with E-state index in [2.05, 4.69) is 6.07 Å². The molecule has 2 atom stereocenters. The van der Waals surface area contributed by atoms with Crippen LogP contribution in [0, 0.1) is 6.92 Å². The molecule has 1 aliphatic rings. The van der Waals surface area contributed by atoms with Gasteiger partial charge in [0.15, 0.2) is 0 Å². The van der Waals surface area contributed by atoms with Gasteiger partial charge < -0.3 is 10.5 Å². The largest absolute Gasteiger partial charge is 0.378 e. The normalized spacial score (nSPS) is 22.6. The Hall–Kier alpha value is -0.0900. The quantitative estimate of drug-likeness (QED) is 0.896. The van der Waals surface area contributed by atoms with Crippen LogP contribution in [0.3, 0.4) is 0 Å². The lowest BCUT2D eigenvalue weighted by molar-refractivity contribution is 0.101. The molecule has 0 aliphatic carbocycles. The highest BCUT2D eigenvalue weighted by molar-refractivity contribution is 7.16. The molecule has 0 spiro atoms. The topological polar surface area (TPSA) is 35.2 Å². The third-order valence-electron chi connectivity index (χ3n) is 3.07. The molecular formula is C12H18ClNOS. The summed E-state index contributed by atoms with van der Waals surface area (Å²) in [6, 6.07) is 2.22. The summed E-state index contributed by atoms with van der Waals surface area (Å²) in [6.07, 6.45) is 4.87. The van der Waals surface area contributed by atoms with Crippen LogP contribution in [0.1, 0.15) is 42.2 Å². The van der Waals surface area contributed by atoms with Crippen molar-refractivity contribution in [3.05, 3.63) is 20.8 Å². The number of ether oxygens (including phenoxy) is 1. The lowest BCUT2D eigenvalue weighted by atomic mass is 10.1. The molecule has 2 nitrogen and oxygen atoms in total. The van der Waals surface area contributed by atoms with Crippen LogP contribution in [0.15, 0.2) is 6.07 Å². The Morgan fingerprint density at radius 2 is 2.50 bits per heavy atom. The second-order valence-electron chi connectivity index (χ2n) is 4.42. The standard InChI is InChI=1S/C12H18ClNOS/c1-8-7-11(16-12(8)13)10(14)5-4-9-3-2-6-15-9/h7,9-10H,2-6,14H2,1H3. The summed E-state index contributed by atoms with van der Waals surface area (Å²) in [6.45, 7) is 2.94. The minimum absolute atomic E-state index is 0.111. The lowest BCUT2D eigenvalue weighted by Crippen LogP contribution is -2.13. The van der Waals surface area contributed by atoms with Gasteiger partial charge in [-0.15, -0.1) is 11.3 Å². The van der Waals surface area contributed by atoms with Gasteiger partial charge in [-0.1, -0.05) is 11.6 Å². The van der Waals surface area contributed by atoms with Gasteiger partial charge in [-0.25, -0.2) is 0 Å². The Morgan fingerprint density at radius 1 is 1.69 bits per heavy atom. The number of halogens is 1. The second kappa shape index (κ2) is 5.50. The van der Waals surface area contributed by atoms with Crippen LogP contribution >= 0.6 is 22.9 Å². The van der Waals surface area contributed by atoms with Crippen LogP contribution in [0.5, 0.6) is 0 Å². The van der Waals surface area contributed by atoms with Crippen LogP contribution in [0.2, 0.25) is 4.34 Å². The smallest absolute Gasteiger partial charge is 0.0960 e. The van der Waals surface area contributed by atoms with Crippen molar-refractivity contribution in [1.29, 1.82) is 0 Å². The maximum absolute atomic E-state index is 6.15. The molecule has 16 heavy (non-hydrogen) atoms. The summed E-state index contributed by atoms with van der Waals surface area (Å²) >= 11 is 7.64. The molecule has 2 rings (SSSR count). The Morgan fingerprint density at radius 3 is 3.06 bits per heavy atom. The number of aryl methyl sites for hydroxylation is 1. The Bertz CT molecular complexity index is 327. The molecule has 2 unspecified atom stereocenters. The van der Waals surface area contributed by atoms with Crippen molar-refractivity contribution in [1.82, 2.24) is 0 Å². The van der Waals surface area contributed by atoms with E-state index in [4.69, 9.17) is 22.1 Å². The minimum Gasteiger partial charge on any atom is -0.378 e. The van der Waals surface area contributed by atoms with Crippen molar-refractivity contribution in [3.8, 4) is 0 Å². The molecule has 2 N–H and O–H groups in total. The van der Waals surface area contributed by atoms with Crippen LogP contribution in [0.4, 0.5) is 0 Å². The summed E-state index contributed by atoms with van der Waals surface area (Å²) in [7, 11) is 0. The molecule has 1 aromatic rings. The molecule has 0 radical (unpaired) electrons. The van der Waals surface area contributed by atoms with Gasteiger partial charge in [-0.3, -0.25) is 0 Å². The molecule has 0 saturated carbocycles. The van der Waals surface area contributed by atoms with Gasteiger partial charge in [-0.2, -0.15) is 0 Å². The molecule has 4 heteroatoms. The van der Waals surface area contributed by atoms with Crippen LogP contribution in [-0.2, 0) is 4.74 Å². The van der Waals surface area contributed by atoms with E-state index < -0.39 is 0 Å². The Balaban J connectivity index is 1.84. The number of nitrogens with two attached hydrogens (primary N) is 1. The molecule has 1 fully saturated rings. The maximum Gasteiger partial charge on any atom is 0.0960 e. The number of hydrogen-bond donors (Lipinski definition) is 1. The van der Waals surface area contributed by atoms with E-state index in [1.54, 1.807) is 11.3 Å². The second-order valence-corrected chi connectivity index (χ2v) is 6.11. The first kappa shape index (κ1) is 12.4. The number of rotatable bonds is 4. The zero-order valence-corrected chi connectivity index (χ0v) is 11.1. The SMILES string of the molecule is Cc1cc(C(N)CCC2CCCO2)sc1Cl. The number of thiophene rings is 1. The third kappa shape index (κ3) is 2.98. The summed E-state index contributed by atoms with van der Waals surface area (Å²) in [4.78, 5) is 1.19. The molecule has 1 aromatic heterocycles. The van der Waals surface area contributed by atoms with Gasteiger partial charge in [0.1, 0.15) is 0 Å². The summed E-state index contributed by atoms with van der Waals surface area (Å²) in [5.74, 6) is 0. The first-order valence-corrected chi connectivity index (χ1v) is 6.99. The fourth-order valence-electron chi connectivity index (χ4n) is 2.05. The van der Waals surface area contributed by atoms with E-state index in [1.165, 1.54) is 17.7 Å². The Kier molecular flexibility index (Phi) is 4.25. The average molecular weight is 260 g/mol. The highest BCUT2D eigenvalue weighted by atomic mass is 35.5. The van der Waals surface area contributed by atoms with E-state index in [0.29, 0.717) is 6.10 Å². The Labute approximate surface area is 106 Å². The maximum atomic E-state index is 6.15. The lowest BCUT2D eigenvalue weighted by Gasteiger charge is -2.13. The van der Waals surface area contributed by atoms with Crippen LogP contribution in [0.25, 0.3) is 0 Å². The van der Waals surface area contributed by atoms with E-state index in [0.717, 1.165) is 29.3 Å². The van der Waals surface area contributed by atoms with Gasteiger partial charge in [-0.05, 0) is 44.2 Å². The van der Waals surface area contributed by atoms with E-state index in [9.17, 15) is 0 Å². The fourth-order valence-corrected chi connectivity index (χ4v) is 3.30. The number of hydrogen-bond acceptors (Lipinski definition) is 3. The van der Waals surface area contributed by atoms with Gasteiger partial charge in [0.25, 0.3) is 0 Å². The molecule has 1 aliphatic heterocycles. The summed E-state index contributed by atoms with van der Waals surface area (Å²) < 4.78 is 6.45. The summed E-state index contributed by atoms with van der Waals surface area (Å²) in [5.41, 5.74) is 7.29. The zero-order valence-electron chi connectivity index (χ0n) is 9.54. The first-order valence-electron chi connectivity index (χ1n) is 5.80. The molecule has 2 heterocycles. The molecule has 0 amide bonds. The molecule has 0 aromatic carbocycles. The molecule has 90 valence electrons. The molecular weight excluding hydrogens is 242 g/mol. The van der Waals surface area contributed by atoms with Crippen molar-refractivity contribution in [2.45, 2.75) is 44.8 Å².